The molecule has 0 aromatic heterocycles. The van der Waals surface area contributed by atoms with Crippen LogP contribution < -0.4 is 0 Å². The summed E-state index contributed by atoms with van der Waals surface area (Å²) >= 11 is 0. The molecule has 0 aromatic rings. The maximum absolute atomic E-state index is 12.4. The lowest BCUT2D eigenvalue weighted by molar-refractivity contribution is -0.145. The van der Waals surface area contributed by atoms with Gasteiger partial charge in [0.15, 0.2) is 0 Å². The molecular formula is C14H26F3N3O2. The summed E-state index contributed by atoms with van der Waals surface area (Å²) in [5, 5.41) is 10.2. The predicted octanol–water partition coefficient (Wildman–Crippen LogP) is 0.250. The van der Waals surface area contributed by atoms with Crippen molar-refractivity contribution >= 4 is 0 Å². The Bertz CT molecular complexity index is 325. The van der Waals surface area contributed by atoms with Gasteiger partial charge in [-0.05, 0) is 19.5 Å². The quantitative estimate of drug-likeness (QED) is 0.785. The van der Waals surface area contributed by atoms with Crippen LogP contribution in [0, 0.1) is 0 Å². The van der Waals surface area contributed by atoms with Gasteiger partial charge in [0.1, 0.15) is 0 Å². The average molecular weight is 325 g/mol. The molecule has 2 heterocycles. The highest BCUT2D eigenvalue weighted by atomic mass is 19.4. The van der Waals surface area contributed by atoms with E-state index in [1.807, 2.05) is 0 Å². The molecule has 1 unspecified atom stereocenters. The Labute approximate surface area is 129 Å². The summed E-state index contributed by atoms with van der Waals surface area (Å²) in [6.45, 7) is 5.54. The molecule has 0 spiro atoms. The number of hydrogen-bond donors (Lipinski definition) is 1. The highest BCUT2D eigenvalue weighted by Gasteiger charge is 2.31. The molecule has 0 radical (unpaired) electrons. The topological polar surface area (TPSA) is 39.2 Å². The minimum absolute atomic E-state index is 0.407. The third-order valence-corrected chi connectivity index (χ3v) is 4.13. The van der Waals surface area contributed by atoms with Crippen molar-refractivity contribution in [2.45, 2.75) is 18.7 Å². The molecule has 2 aliphatic heterocycles. The lowest BCUT2D eigenvalue weighted by atomic mass is 10.2. The zero-order chi connectivity index (χ0) is 16.0. The van der Waals surface area contributed by atoms with Gasteiger partial charge in [-0.2, -0.15) is 13.2 Å². The van der Waals surface area contributed by atoms with Gasteiger partial charge in [0.25, 0.3) is 0 Å². The second kappa shape index (κ2) is 8.44. The maximum Gasteiger partial charge on any atom is 0.401 e. The fourth-order valence-electron chi connectivity index (χ4n) is 3.06. The van der Waals surface area contributed by atoms with Crippen LogP contribution in [-0.4, -0.2) is 104 Å². The summed E-state index contributed by atoms with van der Waals surface area (Å²) in [5.41, 5.74) is 0. The molecule has 2 fully saturated rings. The lowest BCUT2D eigenvalue weighted by Crippen LogP contribution is -2.45. The van der Waals surface area contributed by atoms with Crippen LogP contribution in [0.25, 0.3) is 0 Å². The van der Waals surface area contributed by atoms with Crippen LogP contribution in [0.2, 0.25) is 0 Å². The van der Waals surface area contributed by atoms with Crippen LogP contribution in [0.3, 0.4) is 0 Å². The molecule has 0 amide bonds. The van der Waals surface area contributed by atoms with Crippen molar-refractivity contribution in [3.63, 3.8) is 0 Å². The number of ether oxygens (including phenoxy) is 1. The molecule has 0 bridgehead atoms. The standard InChI is InChI=1S/C14H26F3N3O2/c15-14(16,17)12-20-3-1-2-18(4-5-20)10-13(21)11-19-6-8-22-9-7-19/h13,21H,1-12H2. The summed E-state index contributed by atoms with van der Waals surface area (Å²) < 4.78 is 42.6. The Morgan fingerprint density at radius 2 is 1.41 bits per heavy atom. The smallest absolute Gasteiger partial charge is 0.390 e. The molecule has 0 aliphatic carbocycles. The molecule has 130 valence electrons. The van der Waals surface area contributed by atoms with Gasteiger partial charge in [-0.15, -0.1) is 0 Å². The summed E-state index contributed by atoms with van der Waals surface area (Å²) in [6.07, 6.45) is -3.89. The van der Waals surface area contributed by atoms with Crippen molar-refractivity contribution in [1.82, 2.24) is 14.7 Å². The monoisotopic (exact) mass is 325 g/mol. The van der Waals surface area contributed by atoms with E-state index < -0.39 is 18.8 Å². The molecule has 5 nitrogen and oxygen atoms in total. The van der Waals surface area contributed by atoms with Crippen molar-refractivity contribution in [2.24, 2.45) is 0 Å². The number of aliphatic hydroxyl groups excluding tert-OH is 1. The van der Waals surface area contributed by atoms with E-state index in [4.69, 9.17) is 4.74 Å². The summed E-state index contributed by atoms with van der Waals surface area (Å²) in [6, 6.07) is 0. The van der Waals surface area contributed by atoms with E-state index in [1.54, 1.807) is 0 Å². The predicted molar refractivity (Wildman–Crippen MR) is 76.8 cm³/mol. The maximum atomic E-state index is 12.4. The molecule has 8 heteroatoms. The molecule has 0 aromatic carbocycles. The first kappa shape index (κ1) is 17.9. The molecule has 2 rings (SSSR count). The van der Waals surface area contributed by atoms with Crippen molar-refractivity contribution < 1.29 is 23.0 Å². The number of aliphatic hydroxyl groups is 1. The zero-order valence-corrected chi connectivity index (χ0v) is 12.9. The van der Waals surface area contributed by atoms with Crippen LogP contribution in [0.5, 0.6) is 0 Å². The number of hydrogen-bond acceptors (Lipinski definition) is 5. The highest BCUT2D eigenvalue weighted by Crippen LogP contribution is 2.17. The fraction of sp³-hybridized carbons (Fsp3) is 1.00. The van der Waals surface area contributed by atoms with Gasteiger partial charge in [-0.3, -0.25) is 14.7 Å². The van der Waals surface area contributed by atoms with E-state index in [2.05, 4.69) is 9.80 Å². The molecule has 22 heavy (non-hydrogen) atoms. The number of alkyl halides is 3. The number of nitrogens with zero attached hydrogens (tertiary/aromatic N) is 3. The number of rotatable bonds is 5. The normalized spacial score (nSPS) is 25.1. The minimum atomic E-state index is -4.13. The first-order valence-electron chi connectivity index (χ1n) is 7.92. The molecule has 1 atom stereocenters. The molecule has 2 saturated heterocycles. The van der Waals surface area contributed by atoms with Crippen LogP contribution in [0.15, 0.2) is 0 Å². The van der Waals surface area contributed by atoms with Crippen LogP contribution in [0.4, 0.5) is 13.2 Å². The summed E-state index contributed by atoms with van der Waals surface area (Å²) in [7, 11) is 0. The van der Waals surface area contributed by atoms with Crippen molar-refractivity contribution in [2.75, 3.05) is 72.1 Å². The number of β-amino-alcohol motifs (C(OH)–C–C–N with tert-alkyl or cyclic N) is 1. The Hall–Kier alpha value is -0.410. The summed E-state index contributed by atoms with van der Waals surface area (Å²) in [4.78, 5) is 5.69. The van der Waals surface area contributed by atoms with Gasteiger partial charge >= 0.3 is 6.18 Å². The van der Waals surface area contributed by atoms with Crippen LogP contribution in [-0.2, 0) is 4.74 Å². The SMILES string of the molecule is OC(CN1CCOCC1)CN1CCCN(CC(F)(F)F)CC1. The summed E-state index contributed by atoms with van der Waals surface area (Å²) in [5.74, 6) is 0. The van der Waals surface area contributed by atoms with Gasteiger partial charge in [0, 0.05) is 39.3 Å². The van der Waals surface area contributed by atoms with E-state index >= 15 is 0 Å². The van der Waals surface area contributed by atoms with Gasteiger partial charge in [0.05, 0.1) is 25.9 Å². The van der Waals surface area contributed by atoms with E-state index in [0.29, 0.717) is 52.4 Å². The number of morpholine rings is 1. The Morgan fingerprint density at radius 1 is 0.864 bits per heavy atom. The second-order valence-electron chi connectivity index (χ2n) is 6.11. The largest absolute Gasteiger partial charge is 0.401 e. The van der Waals surface area contributed by atoms with E-state index in [1.165, 1.54) is 4.90 Å². The Morgan fingerprint density at radius 3 is 2.05 bits per heavy atom. The second-order valence-corrected chi connectivity index (χ2v) is 6.11. The Balaban J connectivity index is 1.69. The molecule has 1 N–H and O–H groups in total. The van der Waals surface area contributed by atoms with E-state index in [9.17, 15) is 18.3 Å². The zero-order valence-electron chi connectivity index (χ0n) is 12.9. The van der Waals surface area contributed by atoms with Crippen molar-refractivity contribution in [3.05, 3.63) is 0 Å². The van der Waals surface area contributed by atoms with E-state index in [0.717, 1.165) is 19.6 Å². The first-order valence-corrected chi connectivity index (χ1v) is 7.92. The Kier molecular flexibility index (Phi) is 6.88. The lowest BCUT2D eigenvalue weighted by Gasteiger charge is -2.30. The van der Waals surface area contributed by atoms with Crippen LogP contribution in [0.1, 0.15) is 6.42 Å². The van der Waals surface area contributed by atoms with Crippen molar-refractivity contribution in [3.8, 4) is 0 Å². The average Bonchev–Trinajstić information content (AvgIpc) is 2.63. The first-order chi connectivity index (χ1) is 10.4. The van der Waals surface area contributed by atoms with Crippen molar-refractivity contribution in [1.29, 1.82) is 0 Å². The van der Waals surface area contributed by atoms with Gasteiger partial charge in [0.2, 0.25) is 0 Å². The minimum Gasteiger partial charge on any atom is -0.390 e. The van der Waals surface area contributed by atoms with Gasteiger partial charge in [-0.25, -0.2) is 0 Å². The van der Waals surface area contributed by atoms with Gasteiger partial charge in [-0.1, -0.05) is 0 Å². The highest BCUT2D eigenvalue weighted by molar-refractivity contribution is 4.76. The molecule has 2 aliphatic rings. The van der Waals surface area contributed by atoms with E-state index in [-0.39, 0.29) is 0 Å². The molecular weight excluding hydrogens is 299 g/mol. The molecule has 0 saturated carbocycles. The third-order valence-electron chi connectivity index (χ3n) is 4.13. The third kappa shape index (κ3) is 6.78. The van der Waals surface area contributed by atoms with Crippen LogP contribution >= 0.6 is 0 Å². The number of halogens is 3. The van der Waals surface area contributed by atoms with Gasteiger partial charge < -0.3 is 9.84 Å². The fourth-order valence-corrected chi connectivity index (χ4v) is 3.06.